The van der Waals surface area contributed by atoms with Crippen molar-refractivity contribution in [2.45, 2.75) is 55.4 Å². The maximum atomic E-state index is 1.89. The number of rotatable bonds is 8. The molecule has 0 heterocycles. The van der Waals surface area contributed by atoms with Crippen molar-refractivity contribution in [1.29, 1.82) is 0 Å². The average molecular weight is 280 g/mol. The van der Waals surface area contributed by atoms with E-state index in [1.54, 1.807) is 0 Å². The average Bonchev–Trinajstić information content (AvgIpc) is 2.03. The summed E-state index contributed by atoms with van der Waals surface area (Å²) in [6, 6.07) is 0. The summed E-state index contributed by atoms with van der Waals surface area (Å²) >= 11 is 3.77. The minimum atomic E-state index is 1.44. The second-order valence-electron chi connectivity index (χ2n) is 3.05. The molecule has 0 aromatic rings. The van der Waals surface area contributed by atoms with Gasteiger partial charge in [0.25, 0.3) is 0 Å². The van der Waals surface area contributed by atoms with E-state index in [0.29, 0.717) is 0 Å². The molecule has 0 aliphatic heterocycles. The molecule has 0 aromatic carbocycles. The van der Waals surface area contributed by atoms with Crippen molar-refractivity contribution in [2.24, 2.45) is 0 Å². The molecule has 0 aliphatic carbocycles. The number of unbranched alkanes of at least 4 members (excludes halogenated alkanes) is 6. The fourth-order valence-corrected chi connectivity index (χ4v) is 2.38. The molecule has 2 unspecified atom stereocenters. The molecule has 0 aromatic heterocycles. The van der Waals surface area contributed by atoms with Crippen molar-refractivity contribution in [3.63, 3.8) is 0 Å². The van der Waals surface area contributed by atoms with Crippen LogP contribution in [0.4, 0.5) is 0 Å². The van der Waals surface area contributed by atoms with Crippen LogP contribution in [0, 0.1) is 0 Å². The number of hydrogen-bond donors (Lipinski definition) is 0. The molecule has 0 N–H and O–H groups in total. The molecule has 2 atom stereocenters. The van der Waals surface area contributed by atoms with E-state index in [4.69, 9.17) is 0 Å². The van der Waals surface area contributed by atoms with Crippen LogP contribution in [-0.4, -0.2) is 33.7 Å². The van der Waals surface area contributed by atoms with E-state index in [-0.39, 0.29) is 0 Å². The van der Waals surface area contributed by atoms with E-state index in [2.05, 4.69) is 0 Å². The molecule has 0 radical (unpaired) electrons. The van der Waals surface area contributed by atoms with Gasteiger partial charge in [0.15, 0.2) is 0 Å². The van der Waals surface area contributed by atoms with Crippen LogP contribution < -0.4 is 0 Å². The first kappa shape index (κ1) is 12.1. The summed E-state index contributed by atoms with van der Waals surface area (Å²) in [5.41, 5.74) is 0. The quantitative estimate of drug-likeness (QED) is 0.470. The van der Waals surface area contributed by atoms with Gasteiger partial charge in [0.2, 0.25) is 0 Å². The van der Waals surface area contributed by atoms with Crippen LogP contribution in [-0.2, 0) is 0 Å². The van der Waals surface area contributed by atoms with Crippen molar-refractivity contribution in [1.82, 2.24) is 0 Å². The molecule has 2 heteroatoms. The standard InChI is InChI=1S/C9H22As2/c10-8-6-4-2-1-3-5-7-9-11/h1-11H2. The van der Waals surface area contributed by atoms with Crippen molar-refractivity contribution in [3.8, 4) is 0 Å². The molecule has 0 spiro atoms. The SMILES string of the molecule is [AsH2]CCCCCCCCC[AsH2]. The normalized spacial score (nSPS) is 10.4. The van der Waals surface area contributed by atoms with E-state index >= 15 is 0 Å². The van der Waals surface area contributed by atoms with E-state index in [1.165, 1.54) is 55.4 Å². The van der Waals surface area contributed by atoms with Gasteiger partial charge in [-0.3, -0.25) is 0 Å². The first-order valence-electron chi connectivity index (χ1n) is 4.82. The Morgan fingerprint density at radius 2 is 0.727 bits per heavy atom. The Balaban J connectivity index is 2.69. The van der Waals surface area contributed by atoms with Crippen LogP contribution >= 0.6 is 0 Å². The Hall–Kier alpha value is 1.12. The number of hydrogen-bond acceptors (Lipinski definition) is 0. The molecule has 0 bridgehead atoms. The summed E-state index contributed by atoms with van der Waals surface area (Å²) in [5.74, 6) is 0. The van der Waals surface area contributed by atoms with Crippen molar-refractivity contribution in [2.75, 3.05) is 0 Å². The van der Waals surface area contributed by atoms with Gasteiger partial charge < -0.3 is 0 Å². The van der Waals surface area contributed by atoms with Gasteiger partial charge in [0, 0.05) is 0 Å². The first-order valence-corrected chi connectivity index (χ1v) is 8.24. The Morgan fingerprint density at radius 3 is 1.00 bits per heavy atom. The Morgan fingerprint density at radius 1 is 0.455 bits per heavy atom. The summed E-state index contributed by atoms with van der Waals surface area (Å²) in [6.07, 6.45) is 10.4. The van der Waals surface area contributed by atoms with Gasteiger partial charge in [-0.1, -0.05) is 0 Å². The third-order valence-corrected chi connectivity index (χ3v) is 3.62. The Bertz CT molecular complexity index is 56.6. The molecule has 68 valence electrons. The van der Waals surface area contributed by atoms with E-state index in [9.17, 15) is 0 Å². The zero-order chi connectivity index (χ0) is 8.36. The van der Waals surface area contributed by atoms with Gasteiger partial charge in [-0.15, -0.1) is 0 Å². The minimum absolute atomic E-state index is 1.44. The van der Waals surface area contributed by atoms with Gasteiger partial charge in [0.05, 0.1) is 0 Å². The summed E-state index contributed by atoms with van der Waals surface area (Å²) in [6.45, 7) is 0. The molecule has 0 aliphatic rings. The van der Waals surface area contributed by atoms with Gasteiger partial charge in [-0.2, -0.15) is 0 Å². The first-order chi connectivity index (χ1) is 5.41. The molecule has 0 nitrogen and oxygen atoms in total. The monoisotopic (exact) mass is 280 g/mol. The van der Waals surface area contributed by atoms with E-state index in [0.717, 1.165) is 0 Å². The molecule has 0 rings (SSSR count). The Kier molecular flexibility index (Phi) is 12.2. The Labute approximate surface area is 88.9 Å². The van der Waals surface area contributed by atoms with Crippen LogP contribution in [0.2, 0.25) is 10.4 Å². The molecule has 0 fully saturated rings. The van der Waals surface area contributed by atoms with E-state index in [1.807, 2.05) is 33.7 Å². The second-order valence-corrected chi connectivity index (χ2v) is 5.47. The summed E-state index contributed by atoms with van der Waals surface area (Å²) in [7, 11) is 0. The second kappa shape index (κ2) is 11.1. The van der Waals surface area contributed by atoms with Gasteiger partial charge in [0.1, 0.15) is 0 Å². The zero-order valence-corrected chi connectivity index (χ0v) is 12.4. The van der Waals surface area contributed by atoms with Crippen molar-refractivity contribution >= 4 is 33.7 Å². The van der Waals surface area contributed by atoms with E-state index < -0.39 is 0 Å². The predicted octanol–water partition coefficient (Wildman–Crippen LogP) is 1.82. The molecular formula is C9H22As2. The van der Waals surface area contributed by atoms with Crippen LogP contribution in [0.3, 0.4) is 0 Å². The van der Waals surface area contributed by atoms with Crippen molar-refractivity contribution < 1.29 is 0 Å². The van der Waals surface area contributed by atoms with Gasteiger partial charge in [-0.05, 0) is 0 Å². The van der Waals surface area contributed by atoms with Gasteiger partial charge in [-0.25, -0.2) is 0 Å². The molecule has 11 heavy (non-hydrogen) atoms. The summed E-state index contributed by atoms with van der Waals surface area (Å²) in [5, 5.41) is 2.87. The third-order valence-electron chi connectivity index (χ3n) is 1.91. The molecule has 0 saturated heterocycles. The predicted molar refractivity (Wildman–Crippen MR) is 59.0 cm³/mol. The van der Waals surface area contributed by atoms with Gasteiger partial charge >= 0.3 is 89.1 Å². The fourth-order valence-electron chi connectivity index (χ4n) is 1.17. The van der Waals surface area contributed by atoms with Crippen molar-refractivity contribution in [3.05, 3.63) is 0 Å². The van der Waals surface area contributed by atoms with Crippen LogP contribution in [0.1, 0.15) is 44.9 Å². The van der Waals surface area contributed by atoms with Crippen LogP contribution in [0.5, 0.6) is 0 Å². The zero-order valence-electron chi connectivity index (χ0n) is 7.52. The maximum absolute atomic E-state index is 1.89. The summed E-state index contributed by atoms with van der Waals surface area (Å²) in [4.78, 5) is 0. The molecule has 0 saturated carbocycles. The molecule has 0 amide bonds. The van der Waals surface area contributed by atoms with Crippen LogP contribution in [0.15, 0.2) is 0 Å². The topological polar surface area (TPSA) is 0 Å². The summed E-state index contributed by atoms with van der Waals surface area (Å²) < 4.78 is 0. The van der Waals surface area contributed by atoms with Crippen LogP contribution in [0.25, 0.3) is 0 Å². The third kappa shape index (κ3) is 11.1. The molecular weight excluding hydrogens is 258 g/mol. The fraction of sp³-hybridized carbons (Fsp3) is 1.00.